The van der Waals surface area contributed by atoms with E-state index in [1.54, 1.807) is 35.9 Å². The highest BCUT2D eigenvalue weighted by molar-refractivity contribution is 7.13. The Morgan fingerprint density at radius 3 is 2.92 bits per heavy atom. The summed E-state index contributed by atoms with van der Waals surface area (Å²) in [6.07, 6.45) is 3.05. The van der Waals surface area contributed by atoms with E-state index in [4.69, 9.17) is 4.74 Å². The Balaban J connectivity index is 1.73. The van der Waals surface area contributed by atoms with Gasteiger partial charge in [-0.2, -0.15) is 5.10 Å². The third kappa shape index (κ3) is 3.63. The number of aromatic nitrogens is 3. The molecular formula is C17H23N5O3S. The fourth-order valence-corrected chi connectivity index (χ4v) is 3.91. The van der Waals surface area contributed by atoms with Crippen molar-refractivity contribution in [1.82, 2.24) is 20.1 Å². The maximum atomic E-state index is 12.8. The lowest BCUT2D eigenvalue weighted by Gasteiger charge is -2.31. The number of anilines is 1. The molecule has 140 valence electrons. The van der Waals surface area contributed by atoms with Crippen molar-refractivity contribution in [1.29, 1.82) is 0 Å². The van der Waals surface area contributed by atoms with Crippen molar-refractivity contribution in [2.75, 3.05) is 18.6 Å². The number of rotatable bonds is 5. The number of carbonyl (C=O) groups is 2. The molecule has 2 amide bonds. The van der Waals surface area contributed by atoms with Gasteiger partial charge in [-0.25, -0.2) is 4.98 Å². The summed E-state index contributed by atoms with van der Waals surface area (Å²) in [5.41, 5.74) is 0.649. The maximum absolute atomic E-state index is 12.8. The second-order valence-corrected chi connectivity index (χ2v) is 7.38. The van der Waals surface area contributed by atoms with Gasteiger partial charge in [0.1, 0.15) is 22.0 Å². The summed E-state index contributed by atoms with van der Waals surface area (Å²) in [5, 5.41) is 7.91. The van der Waals surface area contributed by atoms with Crippen LogP contribution in [0.25, 0.3) is 0 Å². The molecule has 26 heavy (non-hydrogen) atoms. The topological polar surface area (TPSA) is 89.3 Å². The Morgan fingerprint density at radius 1 is 1.50 bits per heavy atom. The summed E-state index contributed by atoms with van der Waals surface area (Å²) in [7, 11) is 3.41. The Morgan fingerprint density at radius 2 is 2.27 bits per heavy atom. The van der Waals surface area contributed by atoms with E-state index in [0.29, 0.717) is 29.4 Å². The maximum Gasteiger partial charge on any atom is 0.263 e. The van der Waals surface area contributed by atoms with E-state index >= 15 is 0 Å². The molecule has 0 radical (unpaired) electrons. The molecule has 2 atom stereocenters. The summed E-state index contributed by atoms with van der Waals surface area (Å²) >= 11 is 1.30. The lowest BCUT2D eigenvalue weighted by molar-refractivity contribution is -0.121. The number of piperidine rings is 1. The Hall–Kier alpha value is -2.26. The van der Waals surface area contributed by atoms with E-state index in [9.17, 15) is 9.59 Å². The number of nitrogens with zero attached hydrogens (tertiary/aromatic N) is 4. The van der Waals surface area contributed by atoms with Crippen LogP contribution in [0.4, 0.5) is 5.82 Å². The fraction of sp³-hybridized carbons (Fsp3) is 0.529. The predicted molar refractivity (Wildman–Crippen MR) is 98.3 cm³/mol. The Bertz CT molecular complexity index is 815. The number of ether oxygens (including phenoxy) is 1. The van der Waals surface area contributed by atoms with Gasteiger partial charge in [0.05, 0.1) is 5.69 Å². The first-order valence-electron chi connectivity index (χ1n) is 8.52. The van der Waals surface area contributed by atoms with Crippen LogP contribution >= 0.6 is 11.3 Å². The van der Waals surface area contributed by atoms with Crippen LogP contribution in [0.3, 0.4) is 0 Å². The van der Waals surface area contributed by atoms with Crippen LogP contribution in [0.15, 0.2) is 12.3 Å². The average molecular weight is 377 g/mol. The highest BCUT2D eigenvalue weighted by Gasteiger charge is 2.32. The van der Waals surface area contributed by atoms with Crippen molar-refractivity contribution in [2.45, 2.75) is 38.8 Å². The number of aryl methyl sites for hydroxylation is 2. The van der Waals surface area contributed by atoms with Crippen LogP contribution in [0, 0.1) is 6.92 Å². The number of hydrogen-bond acceptors (Lipinski definition) is 6. The first kappa shape index (κ1) is 18.5. The molecule has 1 N–H and O–H groups in total. The number of nitrogens with one attached hydrogen (secondary N) is 1. The van der Waals surface area contributed by atoms with E-state index < -0.39 is 6.04 Å². The standard InChI is InChI=1S/C17H23N5O3S/c1-10-14(26-16(18-10)11(2)25-4)15(23)19-12-6-5-8-22(17(12)24)13-7-9-21(3)20-13/h7,9,11-12H,5-6,8H2,1-4H3,(H,19,23)/t11-,12-/m1/s1. The highest BCUT2D eigenvalue weighted by atomic mass is 32.1. The van der Waals surface area contributed by atoms with Crippen LogP contribution in [-0.4, -0.2) is 46.3 Å². The quantitative estimate of drug-likeness (QED) is 0.858. The summed E-state index contributed by atoms with van der Waals surface area (Å²) in [5.74, 6) is 0.216. The normalized spacial score (nSPS) is 18.8. The minimum atomic E-state index is -0.553. The molecule has 0 saturated carbocycles. The lowest BCUT2D eigenvalue weighted by atomic mass is 10.0. The van der Waals surface area contributed by atoms with Gasteiger partial charge < -0.3 is 10.1 Å². The minimum Gasteiger partial charge on any atom is -0.375 e. The monoisotopic (exact) mass is 377 g/mol. The summed E-state index contributed by atoms with van der Waals surface area (Å²) in [6, 6.07) is 1.25. The first-order valence-corrected chi connectivity index (χ1v) is 9.34. The molecule has 0 aliphatic carbocycles. The third-order valence-electron chi connectivity index (χ3n) is 4.44. The largest absolute Gasteiger partial charge is 0.375 e. The van der Waals surface area contributed by atoms with E-state index in [1.165, 1.54) is 11.3 Å². The van der Waals surface area contributed by atoms with Crippen molar-refractivity contribution in [2.24, 2.45) is 7.05 Å². The van der Waals surface area contributed by atoms with E-state index in [2.05, 4.69) is 15.4 Å². The molecule has 1 aliphatic rings. The summed E-state index contributed by atoms with van der Waals surface area (Å²) < 4.78 is 6.92. The van der Waals surface area contributed by atoms with Gasteiger partial charge in [-0.15, -0.1) is 11.3 Å². The van der Waals surface area contributed by atoms with Crippen LogP contribution in [-0.2, 0) is 16.6 Å². The third-order valence-corrected chi connectivity index (χ3v) is 5.76. The van der Waals surface area contributed by atoms with Gasteiger partial charge >= 0.3 is 0 Å². The van der Waals surface area contributed by atoms with Crippen molar-refractivity contribution in [3.05, 3.63) is 27.8 Å². The number of methoxy groups -OCH3 is 1. The van der Waals surface area contributed by atoms with E-state index in [-0.39, 0.29) is 17.9 Å². The molecule has 8 nitrogen and oxygen atoms in total. The molecular weight excluding hydrogens is 354 g/mol. The van der Waals surface area contributed by atoms with Gasteiger partial charge in [0, 0.05) is 33.0 Å². The molecule has 0 aromatic carbocycles. The smallest absolute Gasteiger partial charge is 0.263 e. The second-order valence-electron chi connectivity index (χ2n) is 6.35. The SMILES string of the molecule is CO[C@H](C)c1nc(C)c(C(=O)N[C@@H]2CCCN(c3ccn(C)n3)C2=O)s1. The molecule has 1 fully saturated rings. The van der Waals surface area contributed by atoms with Crippen molar-refractivity contribution in [3.8, 4) is 0 Å². The van der Waals surface area contributed by atoms with Crippen molar-refractivity contribution in [3.63, 3.8) is 0 Å². The molecule has 0 spiro atoms. The van der Waals surface area contributed by atoms with Gasteiger partial charge in [0.15, 0.2) is 5.82 Å². The molecule has 1 aliphatic heterocycles. The molecule has 0 unspecified atom stereocenters. The Labute approximate surface area is 156 Å². The van der Waals surface area contributed by atoms with Gasteiger partial charge in [0.2, 0.25) is 0 Å². The van der Waals surface area contributed by atoms with Crippen molar-refractivity contribution >= 4 is 29.0 Å². The van der Waals surface area contributed by atoms with Crippen LogP contribution in [0.5, 0.6) is 0 Å². The predicted octanol–water partition coefficient (Wildman–Crippen LogP) is 1.82. The van der Waals surface area contributed by atoms with E-state index in [1.807, 2.05) is 14.0 Å². The number of amides is 2. The molecule has 9 heteroatoms. The molecule has 1 saturated heterocycles. The van der Waals surface area contributed by atoms with Gasteiger partial charge in [-0.05, 0) is 26.7 Å². The van der Waals surface area contributed by atoms with Crippen LogP contribution in [0.1, 0.15) is 46.2 Å². The highest BCUT2D eigenvalue weighted by Crippen LogP contribution is 2.26. The number of hydrogen-bond donors (Lipinski definition) is 1. The van der Waals surface area contributed by atoms with Gasteiger partial charge in [0.25, 0.3) is 11.8 Å². The Kier molecular flexibility index (Phi) is 5.38. The number of thiazole rings is 1. The zero-order chi connectivity index (χ0) is 18.8. The lowest BCUT2D eigenvalue weighted by Crippen LogP contribution is -2.52. The minimum absolute atomic E-state index is 0.129. The molecule has 3 rings (SSSR count). The van der Waals surface area contributed by atoms with Gasteiger partial charge in [-0.1, -0.05) is 0 Å². The van der Waals surface area contributed by atoms with Crippen molar-refractivity contribution < 1.29 is 14.3 Å². The van der Waals surface area contributed by atoms with Crippen LogP contribution < -0.4 is 10.2 Å². The zero-order valence-corrected chi connectivity index (χ0v) is 16.2. The molecule has 0 bridgehead atoms. The molecule has 2 aromatic rings. The molecule has 2 aromatic heterocycles. The number of carbonyl (C=O) groups excluding carboxylic acids is 2. The fourth-order valence-electron chi connectivity index (χ4n) is 2.91. The van der Waals surface area contributed by atoms with E-state index in [0.717, 1.165) is 11.4 Å². The van der Waals surface area contributed by atoms with Gasteiger partial charge in [-0.3, -0.25) is 19.2 Å². The summed E-state index contributed by atoms with van der Waals surface area (Å²) in [6.45, 7) is 4.28. The molecule has 3 heterocycles. The summed E-state index contributed by atoms with van der Waals surface area (Å²) in [4.78, 5) is 32.0. The first-order chi connectivity index (χ1) is 12.4. The zero-order valence-electron chi connectivity index (χ0n) is 15.4. The average Bonchev–Trinajstić information content (AvgIpc) is 3.22. The van der Waals surface area contributed by atoms with Crippen LogP contribution in [0.2, 0.25) is 0 Å². The second kappa shape index (κ2) is 7.55.